The molecule has 2 aliphatic heterocycles. The van der Waals surface area contributed by atoms with E-state index in [2.05, 4.69) is 15.6 Å². The zero-order valence-corrected chi connectivity index (χ0v) is 20.7. The van der Waals surface area contributed by atoms with Crippen molar-refractivity contribution in [3.05, 3.63) is 76.6 Å². The van der Waals surface area contributed by atoms with Crippen LogP contribution in [0.5, 0.6) is 11.5 Å². The Hall–Kier alpha value is -3.78. The molecule has 1 spiro atoms. The Balaban J connectivity index is 1.33. The molecule has 6 nitrogen and oxygen atoms in total. The number of pyridine rings is 1. The number of hydrogen-bond acceptors (Lipinski definition) is 5. The number of nitrogens with one attached hydrogen (secondary N) is 2. The van der Waals surface area contributed by atoms with Crippen molar-refractivity contribution >= 4 is 17.2 Å². The first-order valence-electron chi connectivity index (χ1n) is 12.4. The number of rotatable bonds is 5. The van der Waals surface area contributed by atoms with Crippen LogP contribution in [0.3, 0.4) is 0 Å². The first-order valence-corrected chi connectivity index (χ1v) is 12.4. The van der Waals surface area contributed by atoms with Gasteiger partial charge in [-0.15, -0.1) is 0 Å². The van der Waals surface area contributed by atoms with Crippen LogP contribution in [0.1, 0.15) is 35.2 Å². The zero-order chi connectivity index (χ0) is 25.7. The topological polar surface area (TPSA) is 72.5 Å². The first-order chi connectivity index (χ1) is 17.9. The van der Waals surface area contributed by atoms with E-state index in [0.29, 0.717) is 6.42 Å². The fraction of sp³-hybridized carbons (Fsp3) is 0.310. The summed E-state index contributed by atoms with van der Waals surface area (Å²) in [5, 5.41) is 6.43. The van der Waals surface area contributed by atoms with Crippen LogP contribution in [0.4, 0.5) is 14.5 Å². The maximum atomic E-state index is 15.0. The average Bonchev–Trinajstić information content (AvgIpc) is 3.44. The Morgan fingerprint density at radius 2 is 1.73 bits per heavy atom. The second kappa shape index (κ2) is 8.95. The van der Waals surface area contributed by atoms with E-state index in [1.54, 1.807) is 0 Å². The third-order valence-corrected chi connectivity index (χ3v) is 7.90. The molecule has 3 aliphatic rings. The maximum absolute atomic E-state index is 15.0. The number of hydrogen-bond donors (Lipinski definition) is 2. The highest BCUT2D eigenvalue weighted by Gasteiger charge is 2.47. The van der Waals surface area contributed by atoms with E-state index < -0.39 is 17.0 Å². The summed E-state index contributed by atoms with van der Waals surface area (Å²) in [6, 6.07) is 9.29. The fourth-order valence-corrected chi connectivity index (χ4v) is 5.83. The number of halogens is 2. The van der Waals surface area contributed by atoms with Gasteiger partial charge in [0.15, 0.2) is 23.1 Å². The number of benzene rings is 2. The number of piperidine rings is 1. The van der Waals surface area contributed by atoms with E-state index in [0.717, 1.165) is 65.1 Å². The SMILES string of the molecule is COc1cc(OC)c(F)c(CC2=CCc3ncc(-c4ccc5c(c4)NC(=O)C54CCNCC4)cc32)c1F. The van der Waals surface area contributed by atoms with Gasteiger partial charge >= 0.3 is 0 Å². The maximum Gasteiger partial charge on any atom is 0.235 e. The van der Waals surface area contributed by atoms with Gasteiger partial charge in [-0.25, -0.2) is 8.78 Å². The highest BCUT2D eigenvalue weighted by Crippen LogP contribution is 2.45. The number of amides is 1. The molecule has 2 aromatic carbocycles. The lowest BCUT2D eigenvalue weighted by Gasteiger charge is -2.32. The highest BCUT2D eigenvalue weighted by molar-refractivity contribution is 6.07. The van der Waals surface area contributed by atoms with Crippen LogP contribution in [0.15, 0.2) is 42.6 Å². The molecule has 0 radical (unpaired) electrons. The van der Waals surface area contributed by atoms with E-state index in [9.17, 15) is 4.79 Å². The van der Waals surface area contributed by atoms with Crippen molar-refractivity contribution in [3.8, 4) is 22.6 Å². The molecule has 190 valence electrons. The lowest BCUT2D eigenvalue weighted by atomic mass is 9.74. The van der Waals surface area contributed by atoms with Crippen LogP contribution in [-0.4, -0.2) is 38.2 Å². The molecule has 3 heterocycles. The normalized spacial score (nSPS) is 17.3. The van der Waals surface area contributed by atoms with Gasteiger partial charge in [0.05, 0.1) is 25.3 Å². The largest absolute Gasteiger partial charge is 0.494 e. The standard InChI is InChI=1S/C29H27F2N3O3/c1-36-24-14-25(37-2)27(31)20(26(24)30)11-17-4-6-22-19(17)12-18(15-33-22)16-3-5-21-23(13-16)34-28(35)29(21)7-9-32-10-8-29/h3-5,12-15,32H,6-11H2,1-2H3,(H,34,35). The molecule has 8 heteroatoms. The van der Waals surface area contributed by atoms with E-state index in [-0.39, 0.29) is 29.4 Å². The molecule has 2 N–H and O–H groups in total. The number of ether oxygens (including phenoxy) is 2. The summed E-state index contributed by atoms with van der Waals surface area (Å²) in [6.07, 6.45) is 5.95. The molecule has 1 aromatic heterocycles. The number of aromatic nitrogens is 1. The van der Waals surface area contributed by atoms with Gasteiger partial charge in [0.1, 0.15) is 0 Å². The van der Waals surface area contributed by atoms with Crippen LogP contribution in [0, 0.1) is 11.6 Å². The summed E-state index contributed by atoms with van der Waals surface area (Å²) in [6.45, 7) is 1.64. The zero-order valence-electron chi connectivity index (χ0n) is 20.7. The van der Waals surface area contributed by atoms with Crippen LogP contribution < -0.4 is 20.1 Å². The van der Waals surface area contributed by atoms with Gasteiger partial charge < -0.3 is 20.1 Å². The van der Waals surface area contributed by atoms with Gasteiger partial charge in [0, 0.05) is 47.5 Å². The summed E-state index contributed by atoms with van der Waals surface area (Å²) < 4.78 is 40.2. The van der Waals surface area contributed by atoms with Crippen LogP contribution >= 0.6 is 0 Å². The molecule has 1 saturated heterocycles. The van der Waals surface area contributed by atoms with E-state index in [1.165, 1.54) is 20.3 Å². The van der Waals surface area contributed by atoms with Gasteiger partial charge in [-0.3, -0.25) is 9.78 Å². The number of allylic oxidation sites excluding steroid dienone is 2. The van der Waals surface area contributed by atoms with Crippen molar-refractivity contribution in [2.24, 2.45) is 0 Å². The Bertz CT molecular complexity index is 1430. The van der Waals surface area contributed by atoms with Crippen molar-refractivity contribution < 1.29 is 23.0 Å². The van der Waals surface area contributed by atoms with Crippen LogP contribution in [0.25, 0.3) is 16.7 Å². The van der Waals surface area contributed by atoms with Crippen molar-refractivity contribution in [2.45, 2.75) is 31.1 Å². The molecule has 0 unspecified atom stereocenters. The van der Waals surface area contributed by atoms with Gasteiger partial charge in [0.2, 0.25) is 5.91 Å². The predicted octanol–water partition coefficient (Wildman–Crippen LogP) is 4.80. The van der Waals surface area contributed by atoms with E-state index in [4.69, 9.17) is 9.47 Å². The minimum Gasteiger partial charge on any atom is -0.494 e. The molecule has 0 atom stereocenters. The van der Waals surface area contributed by atoms with Crippen LogP contribution in [-0.2, 0) is 23.1 Å². The van der Waals surface area contributed by atoms with Crippen molar-refractivity contribution in [2.75, 3.05) is 32.6 Å². The smallest absolute Gasteiger partial charge is 0.235 e. The van der Waals surface area contributed by atoms with Crippen molar-refractivity contribution in [1.82, 2.24) is 10.3 Å². The van der Waals surface area contributed by atoms with Gasteiger partial charge in [-0.1, -0.05) is 18.2 Å². The molecule has 37 heavy (non-hydrogen) atoms. The monoisotopic (exact) mass is 503 g/mol. The molecule has 3 aromatic rings. The van der Waals surface area contributed by atoms with Crippen molar-refractivity contribution in [1.29, 1.82) is 0 Å². The molecule has 0 saturated carbocycles. The molecule has 0 bridgehead atoms. The van der Waals surface area contributed by atoms with Gasteiger partial charge in [-0.2, -0.15) is 0 Å². The molecule has 6 rings (SSSR count). The number of carbonyl (C=O) groups is 1. The predicted molar refractivity (Wildman–Crippen MR) is 137 cm³/mol. The Morgan fingerprint density at radius 1 is 1.00 bits per heavy atom. The Labute approximate surface area is 213 Å². The molecule has 1 aliphatic carbocycles. The van der Waals surface area contributed by atoms with Gasteiger partial charge in [-0.05, 0) is 54.8 Å². The van der Waals surface area contributed by atoms with Crippen molar-refractivity contribution in [3.63, 3.8) is 0 Å². The summed E-state index contributed by atoms with van der Waals surface area (Å²) >= 11 is 0. The highest BCUT2D eigenvalue weighted by atomic mass is 19.1. The molecule has 1 fully saturated rings. The minimum atomic E-state index is -0.736. The summed E-state index contributed by atoms with van der Waals surface area (Å²) in [5.74, 6) is -1.53. The Morgan fingerprint density at radius 3 is 2.43 bits per heavy atom. The summed E-state index contributed by atoms with van der Waals surface area (Å²) in [7, 11) is 2.68. The first kappa shape index (κ1) is 23.6. The summed E-state index contributed by atoms with van der Waals surface area (Å²) in [4.78, 5) is 17.6. The molecular formula is C29H27F2N3O3. The number of nitrogens with zero attached hydrogens (tertiary/aromatic N) is 1. The minimum absolute atomic E-state index is 0.0418. The second-order valence-electron chi connectivity index (χ2n) is 9.76. The Kier molecular flexibility index (Phi) is 5.71. The van der Waals surface area contributed by atoms with Crippen LogP contribution in [0.2, 0.25) is 0 Å². The average molecular weight is 504 g/mol. The molecule has 1 amide bonds. The fourth-order valence-electron chi connectivity index (χ4n) is 5.83. The lowest BCUT2D eigenvalue weighted by molar-refractivity contribution is -0.121. The van der Waals surface area contributed by atoms with Gasteiger partial charge in [0.25, 0.3) is 0 Å². The quantitative estimate of drug-likeness (QED) is 0.524. The lowest BCUT2D eigenvalue weighted by Crippen LogP contribution is -2.44. The summed E-state index contributed by atoms with van der Waals surface area (Å²) in [5.41, 5.74) is 5.63. The second-order valence-corrected chi connectivity index (χ2v) is 9.76. The number of fused-ring (bicyclic) bond motifs is 3. The third kappa shape index (κ3) is 3.70. The number of methoxy groups -OCH3 is 2. The number of anilines is 1. The van der Waals surface area contributed by atoms with E-state index >= 15 is 8.78 Å². The number of carbonyl (C=O) groups excluding carboxylic acids is 1. The third-order valence-electron chi connectivity index (χ3n) is 7.90. The van der Waals surface area contributed by atoms with E-state index in [1.807, 2.05) is 36.5 Å². The molecular weight excluding hydrogens is 476 g/mol.